The van der Waals surface area contributed by atoms with Crippen molar-refractivity contribution < 1.29 is 9.66 Å². The summed E-state index contributed by atoms with van der Waals surface area (Å²) in [4.78, 5) is 10.3. The lowest BCUT2D eigenvalue weighted by Crippen LogP contribution is -1.95. The Bertz CT molecular complexity index is 628. The van der Waals surface area contributed by atoms with Crippen LogP contribution in [0.15, 0.2) is 42.5 Å². The van der Waals surface area contributed by atoms with Crippen molar-refractivity contribution in [3.63, 3.8) is 0 Å². The minimum atomic E-state index is -0.445. The SMILES string of the molecule is CCc1ccccc1Oc1ccc([N+](=O)[O-])cc1CCl. The average molecular weight is 292 g/mol. The third kappa shape index (κ3) is 3.08. The molecule has 0 heterocycles. The van der Waals surface area contributed by atoms with Gasteiger partial charge >= 0.3 is 0 Å². The van der Waals surface area contributed by atoms with E-state index in [1.165, 1.54) is 12.1 Å². The molecular formula is C15H14ClNO3. The van der Waals surface area contributed by atoms with Crippen molar-refractivity contribution in [2.45, 2.75) is 19.2 Å². The van der Waals surface area contributed by atoms with E-state index in [2.05, 4.69) is 0 Å². The van der Waals surface area contributed by atoms with Gasteiger partial charge in [0.05, 0.1) is 10.8 Å². The summed E-state index contributed by atoms with van der Waals surface area (Å²) in [7, 11) is 0. The third-order valence-corrected chi connectivity index (χ3v) is 3.26. The van der Waals surface area contributed by atoms with Crippen molar-refractivity contribution in [1.82, 2.24) is 0 Å². The van der Waals surface area contributed by atoms with Crippen LogP contribution in [0.2, 0.25) is 0 Å². The van der Waals surface area contributed by atoms with Crippen LogP contribution in [0.5, 0.6) is 11.5 Å². The van der Waals surface area contributed by atoms with Gasteiger partial charge in [-0.1, -0.05) is 25.1 Å². The monoisotopic (exact) mass is 291 g/mol. The number of benzene rings is 2. The first-order valence-electron chi connectivity index (χ1n) is 6.24. The smallest absolute Gasteiger partial charge is 0.270 e. The van der Waals surface area contributed by atoms with Crippen LogP contribution in [0, 0.1) is 10.1 Å². The number of para-hydroxylation sites is 1. The molecule has 0 bridgehead atoms. The van der Waals surface area contributed by atoms with Crippen LogP contribution in [0.4, 0.5) is 5.69 Å². The Morgan fingerprint density at radius 2 is 1.85 bits per heavy atom. The minimum absolute atomic E-state index is 0.0109. The van der Waals surface area contributed by atoms with E-state index in [0.717, 1.165) is 17.7 Å². The average Bonchev–Trinajstić information content (AvgIpc) is 2.48. The number of hydrogen-bond donors (Lipinski definition) is 0. The number of alkyl halides is 1. The van der Waals surface area contributed by atoms with Crippen molar-refractivity contribution in [3.8, 4) is 11.5 Å². The zero-order chi connectivity index (χ0) is 14.5. The van der Waals surface area contributed by atoms with Crippen molar-refractivity contribution in [3.05, 3.63) is 63.7 Å². The van der Waals surface area contributed by atoms with Crippen molar-refractivity contribution in [2.24, 2.45) is 0 Å². The Kier molecular flexibility index (Phi) is 4.58. The Morgan fingerprint density at radius 1 is 1.15 bits per heavy atom. The number of aryl methyl sites for hydroxylation is 1. The predicted octanol–water partition coefficient (Wildman–Crippen LogP) is 4.69. The van der Waals surface area contributed by atoms with E-state index in [9.17, 15) is 10.1 Å². The standard InChI is InChI=1S/C15H14ClNO3/c1-2-11-5-3-4-6-14(11)20-15-8-7-13(17(18)19)9-12(15)10-16/h3-9H,2,10H2,1H3. The normalized spacial score (nSPS) is 10.3. The van der Waals surface area contributed by atoms with Gasteiger partial charge < -0.3 is 4.74 Å². The van der Waals surface area contributed by atoms with Gasteiger partial charge in [-0.25, -0.2) is 0 Å². The van der Waals surface area contributed by atoms with Gasteiger partial charge in [0.1, 0.15) is 11.5 Å². The molecule has 2 rings (SSSR count). The molecule has 0 atom stereocenters. The van der Waals surface area contributed by atoms with Crippen LogP contribution in [0.1, 0.15) is 18.1 Å². The molecule has 0 spiro atoms. The van der Waals surface area contributed by atoms with E-state index in [4.69, 9.17) is 16.3 Å². The second kappa shape index (κ2) is 6.39. The molecule has 0 aliphatic heterocycles. The van der Waals surface area contributed by atoms with Gasteiger partial charge in [-0.3, -0.25) is 10.1 Å². The maximum atomic E-state index is 10.8. The number of halogens is 1. The van der Waals surface area contributed by atoms with Crippen LogP contribution in [-0.4, -0.2) is 4.92 Å². The van der Waals surface area contributed by atoms with Crippen LogP contribution < -0.4 is 4.74 Å². The Morgan fingerprint density at radius 3 is 2.50 bits per heavy atom. The summed E-state index contributed by atoms with van der Waals surface area (Å²) < 4.78 is 5.85. The van der Waals surface area contributed by atoms with Crippen LogP contribution in [0.3, 0.4) is 0 Å². The van der Waals surface area contributed by atoms with Crippen molar-refractivity contribution >= 4 is 17.3 Å². The van der Waals surface area contributed by atoms with E-state index >= 15 is 0 Å². The second-order valence-corrected chi connectivity index (χ2v) is 4.51. The van der Waals surface area contributed by atoms with Crippen LogP contribution in [-0.2, 0) is 12.3 Å². The summed E-state index contributed by atoms with van der Waals surface area (Å²) in [5, 5.41) is 10.8. The molecule has 0 aromatic heterocycles. The minimum Gasteiger partial charge on any atom is -0.457 e. The highest BCUT2D eigenvalue weighted by Gasteiger charge is 2.12. The van der Waals surface area contributed by atoms with E-state index in [-0.39, 0.29) is 11.6 Å². The molecule has 0 N–H and O–H groups in total. The molecule has 0 aliphatic rings. The number of rotatable bonds is 5. The summed E-state index contributed by atoms with van der Waals surface area (Å²) in [5.41, 5.74) is 1.69. The first kappa shape index (κ1) is 14.3. The van der Waals surface area contributed by atoms with Gasteiger partial charge in [0.25, 0.3) is 5.69 Å². The topological polar surface area (TPSA) is 52.4 Å². The van der Waals surface area contributed by atoms with E-state index in [1.54, 1.807) is 6.07 Å². The van der Waals surface area contributed by atoms with Crippen molar-refractivity contribution in [2.75, 3.05) is 0 Å². The first-order chi connectivity index (χ1) is 9.65. The quantitative estimate of drug-likeness (QED) is 0.456. The third-order valence-electron chi connectivity index (χ3n) is 2.97. The highest BCUT2D eigenvalue weighted by molar-refractivity contribution is 6.17. The highest BCUT2D eigenvalue weighted by atomic mass is 35.5. The molecule has 0 aliphatic carbocycles. The second-order valence-electron chi connectivity index (χ2n) is 4.25. The Balaban J connectivity index is 2.36. The molecule has 5 heteroatoms. The lowest BCUT2D eigenvalue weighted by Gasteiger charge is -2.12. The molecule has 2 aromatic rings. The summed E-state index contributed by atoms with van der Waals surface area (Å²) in [5.74, 6) is 1.45. The lowest BCUT2D eigenvalue weighted by molar-refractivity contribution is -0.384. The van der Waals surface area contributed by atoms with Gasteiger partial charge in [-0.2, -0.15) is 0 Å². The molecule has 0 saturated carbocycles. The lowest BCUT2D eigenvalue weighted by atomic mass is 10.1. The molecule has 4 nitrogen and oxygen atoms in total. The van der Waals surface area contributed by atoms with Gasteiger partial charge in [-0.15, -0.1) is 11.6 Å². The Labute approximate surface area is 122 Å². The van der Waals surface area contributed by atoms with Crippen LogP contribution >= 0.6 is 11.6 Å². The van der Waals surface area contributed by atoms with E-state index in [1.807, 2.05) is 31.2 Å². The molecule has 0 unspecified atom stereocenters. The van der Waals surface area contributed by atoms with Gasteiger partial charge in [-0.05, 0) is 24.1 Å². The number of hydrogen-bond acceptors (Lipinski definition) is 3. The fourth-order valence-electron chi connectivity index (χ4n) is 1.90. The molecule has 0 amide bonds. The predicted molar refractivity (Wildman–Crippen MR) is 78.5 cm³/mol. The number of nitro benzene ring substituents is 1. The molecule has 0 fully saturated rings. The molecule has 0 saturated heterocycles. The summed E-state index contributed by atoms with van der Waals surface area (Å²) >= 11 is 5.85. The molecular weight excluding hydrogens is 278 g/mol. The largest absolute Gasteiger partial charge is 0.457 e. The summed E-state index contributed by atoms with van der Waals surface area (Å²) in [6.45, 7) is 2.04. The summed E-state index contributed by atoms with van der Waals surface area (Å²) in [6, 6.07) is 12.1. The number of non-ortho nitro benzene ring substituents is 1. The molecule has 2 aromatic carbocycles. The molecule has 104 valence electrons. The van der Waals surface area contributed by atoms with Crippen LogP contribution in [0.25, 0.3) is 0 Å². The van der Waals surface area contributed by atoms with E-state index in [0.29, 0.717) is 11.3 Å². The highest BCUT2D eigenvalue weighted by Crippen LogP contribution is 2.31. The molecule has 0 radical (unpaired) electrons. The number of nitrogens with zero attached hydrogens (tertiary/aromatic N) is 1. The van der Waals surface area contributed by atoms with Gasteiger partial charge in [0.15, 0.2) is 0 Å². The fraction of sp³-hybridized carbons (Fsp3) is 0.200. The van der Waals surface area contributed by atoms with Gasteiger partial charge in [0.2, 0.25) is 0 Å². The zero-order valence-electron chi connectivity index (χ0n) is 11.0. The number of ether oxygens (including phenoxy) is 1. The van der Waals surface area contributed by atoms with Gasteiger partial charge in [0, 0.05) is 17.7 Å². The Hall–Kier alpha value is -2.07. The molecule has 20 heavy (non-hydrogen) atoms. The first-order valence-corrected chi connectivity index (χ1v) is 6.78. The maximum absolute atomic E-state index is 10.8. The number of nitro groups is 1. The maximum Gasteiger partial charge on any atom is 0.270 e. The van der Waals surface area contributed by atoms with Crippen molar-refractivity contribution in [1.29, 1.82) is 0 Å². The summed E-state index contributed by atoms with van der Waals surface area (Å²) in [6.07, 6.45) is 0.847. The zero-order valence-corrected chi connectivity index (χ0v) is 11.8. The van der Waals surface area contributed by atoms with E-state index < -0.39 is 4.92 Å². The fourth-order valence-corrected chi connectivity index (χ4v) is 2.11.